The van der Waals surface area contributed by atoms with Crippen LogP contribution in [0.5, 0.6) is 17.2 Å². The third-order valence-electron chi connectivity index (χ3n) is 4.58. The Balaban J connectivity index is 1.54. The van der Waals surface area contributed by atoms with Crippen molar-refractivity contribution >= 4 is 27.5 Å². The zero-order valence-corrected chi connectivity index (χ0v) is 15.4. The predicted molar refractivity (Wildman–Crippen MR) is 97.5 cm³/mol. The highest BCUT2D eigenvalue weighted by Crippen LogP contribution is 2.47. The summed E-state index contributed by atoms with van der Waals surface area (Å²) in [6.45, 7) is 0. The topological polar surface area (TPSA) is 56.8 Å². The highest BCUT2D eigenvalue weighted by molar-refractivity contribution is 9.10. The van der Waals surface area contributed by atoms with Gasteiger partial charge in [-0.2, -0.15) is 0 Å². The SMILES string of the molecule is COc1ccc(Br)c(C(=O)Nc2ccc3c(c2)OC2(CCCC2)O3)c1. The van der Waals surface area contributed by atoms with Crippen molar-refractivity contribution in [1.29, 1.82) is 0 Å². The molecule has 2 aliphatic rings. The number of amides is 1. The number of carbonyl (C=O) groups excluding carboxylic acids is 1. The molecule has 2 aromatic carbocycles. The molecule has 0 radical (unpaired) electrons. The zero-order chi connectivity index (χ0) is 17.4. The Bertz CT molecular complexity index is 830. The standard InChI is InChI=1S/C19H18BrNO4/c1-23-13-5-6-15(20)14(11-13)18(22)21-12-4-7-16-17(10-12)25-19(24-16)8-2-3-9-19/h4-7,10-11H,2-3,8-9H2,1H3,(H,21,22). The van der Waals surface area contributed by atoms with E-state index in [1.807, 2.05) is 18.2 Å². The van der Waals surface area contributed by atoms with Crippen molar-refractivity contribution in [3.05, 3.63) is 46.4 Å². The molecule has 25 heavy (non-hydrogen) atoms. The van der Waals surface area contributed by atoms with Crippen LogP contribution >= 0.6 is 15.9 Å². The Morgan fingerprint density at radius 2 is 1.88 bits per heavy atom. The number of hydrogen-bond acceptors (Lipinski definition) is 4. The lowest BCUT2D eigenvalue weighted by Gasteiger charge is -2.21. The molecule has 1 fully saturated rings. The average molecular weight is 404 g/mol. The highest BCUT2D eigenvalue weighted by Gasteiger charge is 2.44. The predicted octanol–water partition coefficient (Wildman–Crippen LogP) is 4.75. The van der Waals surface area contributed by atoms with Crippen LogP contribution < -0.4 is 19.5 Å². The maximum absolute atomic E-state index is 12.6. The fourth-order valence-electron chi connectivity index (χ4n) is 3.29. The molecule has 4 rings (SSSR count). The van der Waals surface area contributed by atoms with Crippen LogP contribution in [0.25, 0.3) is 0 Å². The summed E-state index contributed by atoms with van der Waals surface area (Å²) in [5, 5.41) is 2.90. The van der Waals surface area contributed by atoms with Crippen molar-refractivity contribution in [3.63, 3.8) is 0 Å². The van der Waals surface area contributed by atoms with Crippen LogP contribution in [0.4, 0.5) is 5.69 Å². The molecule has 130 valence electrons. The fraction of sp³-hybridized carbons (Fsp3) is 0.316. The number of rotatable bonds is 3. The van der Waals surface area contributed by atoms with Crippen LogP contribution in [0.2, 0.25) is 0 Å². The van der Waals surface area contributed by atoms with Gasteiger partial charge in [0, 0.05) is 29.1 Å². The number of methoxy groups -OCH3 is 1. The minimum absolute atomic E-state index is 0.222. The van der Waals surface area contributed by atoms with Gasteiger partial charge in [0.15, 0.2) is 11.5 Å². The zero-order valence-electron chi connectivity index (χ0n) is 13.8. The second-order valence-electron chi connectivity index (χ2n) is 6.28. The van der Waals surface area contributed by atoms with Gasteiger partial charge in [0.2, 0.25) is 0 Å². The van der Waals surface area contributed by atoms with Crippen LogP contribution in [-0.2, 0) is 0 Å². The minimum atomic E-state index is -0.499. The Morgan fingerprint density at radius 3 is 2.64 bits per heavy atom. The molecule has 0 saturated heterocycles. The van der Waals surface area contributed by atoms with Gasteiger partial charge in [0.25, 0.3) is 11.7 Å². The van der Waals surface area contributed by atoms with E-state index in [2.05, 4.69) is 21.2 Å². The molecule has 0 aromatic heterocycles. The van der Waals surface area contributed by atoms with Crippen LogP contribution in [0.1, 0.15) is 36.0 Å². The third kappa shape index (κ3) is 3.06. The molecule has 1 amide bonds. The lowest BCUT2D eigenvalue weighted by Crippen LogP contribution is -2.34. The number of carbonyl (C=O) groups is 1. The van der Waals surface area contributed by atoms with Crippen LogP contribution in [-0.4, -0.2) is 18.8 Å². The van der Waals surface area contributed by atoms with E-state index < -0.39 is 5.79 Å². The summed E-state index contributed by atoms with van der Waals surface area (Å²) < 4.78 is 17.9. The lowest BCUT2D eigenvalue weighted by molar-refractivity contribution is -0.0716. The van der Waals surface area contributed by atoms with Gasteiger partial charge in [0.1, 0.15) is 5.75 Å². The summed E-state index contributed by atoms with van der Waals surface area (Å²) in [5.74, 6) is 1.33. The molecule has 0 bridgehead atoms. The van der Waals surface area contributed by atoms with E-state index in [0.717, 1.165) is 31.4 Å². The number of nitrogens with one attached hydrogen (secondary N) is 1. The van der Waals surface area contributed by atoms with E-state index in [-0.39, 0.29) is 5.91 Å². The molecular formula is C19H18BrNO4. The first kappa shape index (κ1) is 16.3. The maximum Gasteiger partial charge on any atom is 0.256 e. The van der Waals surface area contributed by atoms with Crippen LogP contribution in [0, 0.1) is 0 Å². The summed E-state index contributed by atoms with van der Waals surface area (Å²) in [5.41, 5.74) is 1.17. The lowest BCUT2D eigenvalue weighted by atomic mass is 10.2. The van der Waals surface area contributed by atoms with E-state index in [1.165, 1.54) is 0 Å². The number of benzene rings is 2. The summed E-state index contributed by atoms with van der Waals surface area (Å²) in [7, 11) is 1.57. The summed E-state index contributed by atoms with van der Waals surface area (Å²) in [6, 6.07) is 10.8. The number of anilines is 1. The highest BCUT2D eigenvalue weighted by atomic mass is 79.9. The third-order valence-corrected chi connectivity index (χ3v) is 5.27. The van der Waals surface area contributed by atoms with Crippen molar-refractivity contribution in [3.8, 4) is 17.2 Å². The van der Waals surface area contributed by atoms with Gasteiger partial charge in [-0.1, -0.05) is 0 Å². The van der Waals surface area contributed by atoms with Crippen LogP contribution in [0.15, 0.2) is 40.9 Å². The molecule has 0 atom stereocenters. The Labute approximate surface area is 154 Å². The van der Waals surface area contributed by atoms with Gasteiger partial charge in [-0.3, -0.25) is 4.79 Å². The van der Waals surface area contributed by atoms with Gasteiger partial charge >= 0.3 is 0 Å². The average Bonchev–Trinajstić information content (AvgIpc) is 3.21. The van der Waals surface area contributed by atoms with Gasteiger partial charge < -0.3 is 19.5 Å². The number of halogens is 1. The first-order valence-electron chi connectivity index (χ1n) is 8.26. The molecular weight excluding hydrogens is 386 g/mol. The Kier molecular flexibility index (Phi) is 4.07. The van der Waals surface area contributed by atoms with Crippen molar-refractivity contribution in [2.75, 3.05) is 12.4 Å². The smallest absolute Gasteiger partial charge is 0.256 e. The largest absolute Gasteiger partial charge is 0.497 e. The number of ether oxygens (including phenoxy) is 3. The van der Waals surface area contributed by atoms with E-state index in [4.69, 9.17) is 14.2 Å². The molecule has 5 nitrogen and oxygen atoms in total. The number of hydrogen-bond donors (Lipinski definition) is 1. The molecule has 1 N–H and O–H groups in total. The Hall–Kier alpha value is -2.21. The van der Waals surface area contributed by atoms with Gasteiger partial charge in [-0.15, -0.1) is 0 Å². The second-order valence-corrected chi connectivity index (χ2v) is 7.14. The minimum Gasteiger partial charge on any atom is -0.497 e. The first-order valence-corrected chi connectivity index (χ1v) is 9.05. The molecule has 1 spiro atoms. The van der Waals surface area contributed by atoms with Crippen molar-refractivity contribution < 1.29 is 19.0 Å². The van der Waals surface area contributed by atoms with E-state index >= 15 is 0 Å². The van der Waals surface area contributed by atoms with Crippen LogP contribution in [0.3, 0.4) is 0 Å². The van der Waals surface area contributed by atoms with E-state index in [0.29, 0.717) is 27.2 Å². The molecule has 0 unspecified atom stereocenters. The monoisotopic (exact) mass is 403 g/mol. The molecule has 6 heteroatoms. The molecule has 2 aromatic rings. The van der Waals surface area contributed by atoms with Gasteiger partial charge in [-0.25, -0.2) is 0 Å². The normalized spacial score (nSPS) is 16.9. The fourth-order valence-corrected chi connectivity index (χ4v) is 3.72. The quantitative estimate of drug-likeness (QED) is 0.802. The van der Waals surface area contributed by atoms with Crippen molar-refractivity contribution in [1.82, 2.24) is 0 Å². The van der Waals surface area contributed by atoms with Crippen molar-refractivity contribution in [2.45, 2.75) is 31.5 Å². The molecule has 1 saturated carbocycles. The van der Waals surface area contributed by atoms with E-state index in [9.17, 15) is 4.79 Å². The van der Waals surface area contributed by atoms with Gasteiger partial charge in [0.05, 0.1) is 12.7 Å². The summed E-state index contributed by atoms with van der Waals surface area (Å²) >= 11 is 3.40. The molecule has 1 aliphatic carbocycles. The first-order chi connectivity index (χ1) is 12.1. The summed E-state index contributed by atoms with van der Waals surface area (Å²) in [4.78, 5) is 12.6. The second kappa shape index (κ2) is 6.26. The van der Waals surface area contributed by atoms with Crippen molar-refractivity contribution in [2.24, 2.45) is 0 Å². The summed E-state index contributed by atoms with van der Waals surface area (Å²) in [6.07, 6.45) is 4.03. The molecule has 1 aliphatic heterocycles. The number of fused-ring (bicyclic) bond motifs is 1. The maximum atomic E-state index is 12.6. The Morgan fingerprint density at radius 1 is 1.12 bits per heavy atom. The van der Waals surface area contributed by atoms with Gasteiger partial charge in [-0.05, 0) is 59.1 Å². The molecule has 1 heterocycles. The van der Waals surface area contributed by atoms with E-state index in [1.54, 1.807) is 25.3 Å².